The Kier molecular flexibility index (Phi) is 9.53. The van der Waals surface area contributed by atoms with E-state index in [0.717, 1.165) is 36.3 Å². The van der Waals surface area contributed by atoms with Crippen LogP contribution in [0.5, 0.6) is 0 Å². The number of nitrogens with one attached hydrogen (secondary N) is 2. The number of fused-ring (bicyclic) bond motifs is 1. The molecule has 9 heteroatoms. The lowest BCUT2D eigenvalue weighted by Crippen LogP contribution is -2.17. The molecule has 40 heavy (non-hydrogen) atoms. The van der Waals surface area contributed by atoms with Gasteiger partial charge in [0, 0.05) is 42.5 Å². The van der Waals surface area contributed by atoms with Crippen molar-refractivity contribution in [3.63, 3.8) is 0 Å². The van der Waals surface area contributed by atoms with Crippen molar-refractivity contribution in [2.45, 2.75) is 32.6 Å². The lowest BCUT2D eigenvalue weighted by molar-refractivity contribution is -0.116. The van der Waals surface area contributed by atoms with E-state index in [1.807, 2.05) is 54.6 Å². The molecular weight excluding hydrogens is 510 g/mol. The van der Waals surface area contributed by atoms with Gasteiger partial charge >= 0.3 is 11.9 Å². The van der Waals surface area contributed by atoms with Crippen LogP contribution in [-0.2, 0) is 16.0 Å². The monoisotopic (exact) mass is 543 g/mol. The minimum absolute atomic E-state index is 0.00820. The summed E-state index contributed by atoms with van der Waals surface area (Å²) in [7, 11) is 0. The van der Waals surface area contributed by atoms with Crippen molar-refractivity contribution >= 4 is 40.1 Å². The van der Waals surface area contributed by atoms with Gasteiger partial charge in [-0.2, -0.15) is 0 Å². The number of aryl methyl sites for hydroxylation is 1. The van der Waals surface area contributed by atoms with Crippen LogP contribution in [-0.4, -0.2) is 52.4 Å². The molecule has 0 unspecified atom stereocenters. The molecule has 4 rings (SSSR count). The summed E-state index contributed by atoms with van der Waals surface area (Å²) in [6.07, 6.45) is 3.69. The number of carboxylic acid groups (broad SMARTS) is 1. The highest BCUT2D eigenvalue weighted by molar-refractivity contribution is 6.17. The number of carbonyl (C=O) groups is 3. The number of aromatic carboxylic acids is 1. The number of unbranched alkanes of at least 4 members (excludes halogenated alkanes) is 1. The van der Waals surface area contributed by atoms with E-state index in [1.165, 1.54) is 6.20 Å². The Hall–Kier alpha value is -4.63. The summed E-state index contributed by atoms with van der Waals surface area (Å²) >= 11 is 0. The highest BCUT2D eigenvalue weighted by atomic mass is 16.5. The normalized spacial score (nSPS) is 10.8. The number of anilines is 2. The van der Waals surface area contributed by atoms with Crippen LogP contribution in [0.2, 0.25) is 0 Å². The number of amides is 1. The maximum absolute atomic E-state index is 13.1. The second kappa shape index (κ2) is 13.4. The number of rotatable bonds is 13. The number of aliphatic hydroxyl groups is 1. The van der Waals surface area contributed by atoms with Crippen LogP contribution in [0, 0.1) is 0 Å². The Morgan fingerprint density at radius 1 is 0.975 bits per heavy atom. The average Bonchev–Trinajstić information content (AvgIpc) is 3.35. The van der Waals surface area contributed by atoms with Crippen molar-refractivity contribution < 1.29 is 29.3 Å². The summed E-state index contributed by atoms with van der Waals surface area (Å²) in [6, 6.07) is 20.3. The van der Waals surface area contributed by atoms with E-state index in [1.54, 1.807) is 23.6 Å². The van der Waals surface area contributed by atoms with Crippen LogP contribution in [0.15, 0.2) is 72.9 Å². The van der Waals surface area contributed by atoms with Crippen LogP contribution in [0.25, 0.3) is 16.6 Å². The fourth-order valence-corrected chi connectivity index (χ4v) is 4.59. The number of benzene rings is 3. The molecule has 0 aliphatic rings. The molecule has 1 heterocycles. The maximum Gasteiger partial charge on any atom is 0.340 e. The van der Waals surface area contributed by atoms with Crippen molar-refractivity contribution in [2.75, 3.05) is 30.4 Å². The zero-order valence-corrected chi connectivity index (χ0v) is 22.4. The molecule has 9 nitrogen and oxygen atoms in total. The maximum atomic E-state index is 13.1. The van der Waals surface area contributed by atoms with Gasteiger partial charge in [0.2, 0.25) is 5.91 Å². The minimum Gasteiger partial charge on any atom is -0.478 e. The average molecular weight is 544 g/mol. The van der Waals surface area contributed by atoms with Crippen LogP contribution in [0.4, 0.5) is 11.4 Å². The summed E-state index contributed by atoms with van der Waals surface area (Å²) in [4.78, 5) is 38.4. The van der Waals surface area contributed by atoms with Gasteiger partial charge in [0.05, 0.1) is 28.9 Å². The van der Waals surface area contributed by atoms with Crippen LogP contribution in [0.1, 0.15) is 52.5 Å². The van der Waals surface area contributed by atoms with Gasteiger partial charge in [0.1, 0.15) is 0 Å². The third-order valence-electron chi connectivity index (χ3n) is 6.47. The number of aliphatic hydroxyl groups excluding tert-OH is 1. The van der Waals surface area contributed by atoms with Crippen LogP contribution in [0.3, 0.4) is 0 Å². The lowest BCUT2D eigenvalue weighted by Gasteiger charge is -2.14. The summed E-state index contributed by atoms with van der Waals surface area (Å²) in [6.45, 7) is 2.67. The van der Waals surface area contributed by atoms with E-state index in [9.17, 15) is 19.5 Å². The first-order valence-electron chi connectivity index (χ1n) is 13.3. The number of nitrogens with zero attached hydrogens (tertiary/aromatic N) is 1. The van der Waals surface area contributed by atoms with Gasteiger partial charge in [-0.15, -0.1) is 0 Å². The number of esters is 1. The van der Waals surface area contributed by atoms with Gasteiger partial charge in [0.15, 0.2) is 0 Å². The van der Waals surface area contributed by atoms with Gasteiger partial charge in [-0.05, 0) is 68.1 Å². The Morgan fingerprint density at radius 3 is 2.50 bits per heavy atom. The Balaban J connectivity index is 1.60. The van der Waals surface area contributed by atoms with Crippen molar-refractivity contribution in [3.8, 4) is 5.69 Å². The molecule has 0 aliphatic carbocycles. The van der Waals surface area contributed by atoms with Gasteiger partial charge in [0.25, 0.3) is 0 Å². The van der Waals surface area contributed by atoms with Gasteiger partial charge in [-0.3, -0.25) is 4.79 Å². The number of ether oxygens (including phenoxy) is 1. The molecule has 208 valence electrons. The number of para-hydroxylation sites is 1. The Morgan fingerprint density at radius 2 is 1.77 bits per heavy atom. The molecule has 0 fully saturated rings. The van der Waals surface area contributed by atoms with Gasteiger partial charge in [-0.25, -0.2) is 9.59 Å². The van der Waals surface area contributed by atoms with E-state index < -0.39 is 11.9 Å². The third kappa shape index (κ3) is 6.68. The first kappa shape index (κ1) is 28.4. The summed E-state index contributed by atoms with van der Waals surface area (Å²) in [5.74, 6) is -2.22. The minimum atomic E-state index is -1.20. The fraction of sp³-hybridized carbons (Fsp3) is 0.258. The second-order valence-corrected chi connectivity index (χ2v) is 9.26. The number of hydrogen-bond acceptors (Lipinski definition) is 6. The smallest absolute Gasteiger partial charge is 0.340 e. The summed E-state index contributed by atoms with van der Waals surface area (Å²) in [5.41, 5.74) is 3.29. The topological polar surface area (TPSA) is 130 Å². The molecule has 1 aromatic heterocycles. The third-order valence-corrected chi connectivity index (χ3v) is 6.47. The first-order chi connectivity index (χ1) is 19.4. The predicted molar refractivity (Wildman–Crippen MR) is 154 cm³/mol. The quantitative estimate of drug-likeness (QED) is 0.134. The number of hydrogen-bond donors (Lipinski definition) is 4. The fourth-order valence-electron chi connectivity index (χ4n) is 4.59. The zero-order valence-electron chi connectivity index (χ0n) is 22.4. The molecule has 0 saturated heterocycles. The van der Waals surface area contributed by atoms with E-state index >= 15 is 0 Å². The zero-order chi connectivity index (χ0) is 28.5. The SMILES string of the molecule is CCOC(=O)c1c(NC(=O)CCc2cccc(NCCCCO)c2)ccc2c1c(C(=O)O)cn2-c1ccccc1. The van der Waals surface area contributed by atoms with Crippen molar-refractivity contribution in [2.24, 2.45) is 0 Å². The second-order valence-electron chi connectivity index (χ2n) is 9.26. The molecule has 1 amide bonds. The van der Waals surface area contributed by atoms with Gasteiger partial charge < -0.3 is 30.2 Å². The lowest BCUT2D eigenvalue weighted by atomic mass is 10.0. The summed E-state index contributed by atoms with van der Waals surface area (Å²) in [5, 5.41) is 25.2. The molecule has 0 bridgehead atoms. The van der Waals surface area contributed by atoms with Gasteiger partial charge in [-0.1, -0.05) is 30.3 Å². The molecule has 4 N–H and O–H groups in total. The summed E-state index contributed by atoms with van der Waals surface area (Å²) < 4.78 is 6.99. The molecule has 0 atom stereocenters. The van der Waals surface area contributed by atoms with E-state index in [-0.39, 0.29) is 47.7 Å². The molecule has 0 saturated carbocycles. The van der Waals surface area contributed by atoms with Crippen LogP contribution < -0.4 is 10.6 Å². The predicted octanol–water partition coefficient (Wildman–Crippen LogP) is 5.26. The highest BCUT2D eigenvalue weighted by Crippen LogP contribution is 2.33. The largest absolute Gasteiger partial charge is 0.478 e. The molecule has 0 spiro atoms. The van der Waals surface area contributed by atoms with E-state index in [4.69, 9.17) is 9.84 Å². The number of carboxylic acids is 1. The van der Waals surface area contributed by atoms with E-state index in [2.05, 4.69) is 10.6 Å². The first-order valence-corrected chi connectivity index (χ1v) is 13.3. The van der Waals surface area contributed by atoms with Crippen molar-refractivity contribution in [1.82, 2.24) is 4.57 Å². The molecule has 4 aromatic rings. The molecule has 0 radical (unpaired) electrons. The van der Waals surface area contributed by atoms with Crippen LogP contribution >= 0.6 is 0 Å². The highest BCUT2D eigenvalue weighted by Gasteiger charge is 2.26. The number of aromatic nitrogens is 1. The standard InChI is InChI=1S/C31H33N3O6/c1-2-40-31(39)29-25(33-27(36)16-13-21-9-8-10-22(19-21)32-17-6-7-18-35)14-15-26-28(29)24(30(37)38)20-34(26)23-11-4-3-5-12-23/h3-5,8-12,14-15,19-20,32,35H,2,6-7,13,16-18H2,1H3,(H,33,36)(H,37,38). The Labute approximate surface area is 232 Å². The molecule has 0 aliphatic heterocycles. The van der Waals surface area contributed by atoms with Crippen molar-refractivity contribution in [3.05, 3.63) is 89.6 Å². The molecule has 3 aromatic carbocycles. The number of carbonyl (C=O) groups excluding carboxylic acids is 2. The molecular formula is C31H33N3O6. The van der Waals surface area contributed by atoms with Crippen molar-refractivity contribution in [1.29, 1.82) is 0 Å². The van der Waals surface area contributed by atoms with E-state index in [0.29, 0.717) is 11.9 Å². The Bertz CT molecular complexity index is 1500.